The lowest BCUT2D eigenvalue weighted by atomic mass is 9.89. The quantitative estimate of drug-likeness (QED) is 0.841. The maximum atomic E-state index is 13.4. The van der Waals surface area contributed by atoms with Gasteiger partial charge in [0.15, 0.2) is 0 Å². The molecule has 4 heteroatoms. The molecule has 0 radical (unpaired) electrons. The number of rotatable bonds is 6. The highest BCUT2D eigenvalue weighted by Crippen LogP contribution is 2.25. The monoisotopic (exact) mass is 281 g/mol. The Morgan fingerprint density at radius 2 is 2.20 bits per heavy atom. The summed E-state index contributed by atoms with van der Waals surface area (Å²) < 4.78 is 19.1. The molecule has 20 heavy (non-hydrogen) atoms. The lowest BCUT2D eigenvalue weighted by Crippen LogP contribution is -2.30. The number of anilines is 1. The van der Waals surface area contributed by atoms with Gasteiger partial charge in [0.1, 0.15) is 5.82 Å². The summed E-state index contributed by atoms with van der Waals surface area (Å²) in [5.74, 6) is 0.407. The van der Waals surface area contributed by atoms with Crippen LogP contribution in [0, 0.1) is 11.7 Å². The second-order valence-electron chi connectivity index (χ2n) is 5.74. The van der Waals surface area contributed by atoms with Crippen LogP contribution in [0.1, 0.15) is 32.6 Å². The van der Waals surface area contributed by atoms with E-state index in [2.05, 4.69) is 12.2 Å². The number of aliphatic hydroxyl groups is 1. The number of hydrogen-bond acceptors (Lipinski definition) is 3. The van der Waals surface area contributed by atoms with Gasteiger partial charge in [-0.15, -0.1) is 0 Å². The first-order valence-corrected chi connectivity index (χ1v) is 7.43. The van der Waals surface area contributed by atoms with Gasteiger partial charge in [-0.1, -0.05) is 31.9 Å². The normalized spacial score (nSPS) is 24.4. The molecule has 1 aromatic carbocycles. The lowest BCUT2D eigenvalue weighted by molar-refractivity contribution is -0.0274. The highest BCUT2D eigenvalue weighted by atomic mass is 19.1. The maximum absolute atomic E-state index is 13.4. The van der Waals surface area contributed by atoms with Crippen molar-refractivity contribution in [1.29, 1.82) is 0 Å². The van der Waals surface area contributed by atoms with Crippen LogP contribution in [0.15, 0.2) is 24.3 Å². The largest absolute Gasteiger partial charge is 0.389 e. The van der Waals surface area contributed by atoms with E-state index in [1.54, 1.807) is 18.2 Å². The molecule has 1 aromatic rings. The van der Waals surface area contributed by atoms with Crippen LogP contribution >= 0.6 is 0 Å². The summed E-state index contributed by atoms with van der Waals surface area (Å²) in [6.07, 6.45) is 4.28. The second-order valence-corrected chi connectivity index (χ2v) is 5.74. The van der Waals surface area contributed by atoms with Gasteiger partial charge in [-0.2, -0.15) is 0 Å². The fourth-order valence-corrected chi connectivity index (χ4v) is 2.67. The molecule has 2 rings (SSSR count). The van der Waals surface area contributed by atoms with Gasteiger partial charge in [0, 0.05) is 6.54 Å². The number of halogens is 1. The van der Waals surface area contributed by atoms with Gasteiger partial charge in [0.25, 0.3) is 0 Å². The summed E-state index contributed by atoms with van der Waals surface area (Å²) in [4.78, 5) is 0. The van der Waals surface area contributed by atoms with Crippen molar-refractivity contribution in [3.8, 4) is 0 Å². The van der Waals surface area contributed by atoms with Gasteiger partial charge < -0.3 is 15.2 Å². The summed E-state index contributed by atoms with van der Waals surface area (Å²) in [5.41, 5.74) is 0.415. The van der Waals surface area contributed by atoms with E-state index >= 15 is 0 Å². The molecule has 0 aromatic heterocycles. The average molecular weight is 281 g/mol. The number of benzene rings is 1. The summed E-state index contributed by atoms with van der Waals surface area (Å²) in [7, 11) is 0. The number of aliphatic hydroxyl groups excluding tert-OH is 1. The highest BCUT2D eigenvalue weighted by Gasteiger charge is 2.20. The van der Waals surface area contributed by atoms with Crippen LogP contribution in [-0.2, 0) is 4.74 Å². The standard InChI is InChI=1S/C16H24FNO2/c1-12-5-4-6-14(9-12)20-11-13(19)10-18-16-8-3-2-7-15(16)17/h2-3,7-8,12-14,18-19H,4-6,9-11H2,1H3. The van der Waals surface area contributed by atoms with Gasteiger partial charge >= 0.3 is 0 Å². The number of nitrogens with one attached hydrogen (secondary N) is 1. The Kier molecular flexibility index (Phi) is 5.80. The third-order valence-corrected chi connectivity index (χ3v) is 3.81. The van der Waals surface area contributed by atoms with Crippen molar-refractivity contribution >= 4 is 5.69 Å². The van der Waals surface area contributed by atoms with Crippen LogP contribution < -0.4 is 5.32 Å². The molecule has 112 valence electrons. The first-order valence-electron chi connectivity index (χ1n) is 7.43. The summed E-state index contributed by atoms with van der Waals surface area (Å²) >= 11 is 0. The fraction of sp³-hybridized carbons (Fsp3) is 0.625. The molecular formula is C16H24FNO2. The van der Waals surface area contributed by atoms with Crippen molar-refractivity contribution < 1.29 is 14.2 Å². The van der Waals surface area contributed by atoms with E-state index in [-0.39, 0.29) is 11.9 Å². The van der Waals surface area contributed by atoms with Gasteiger partial charge in [0.05, 0.1) is 24.5 Å². The Balaban J connectivity index is 1.68. The van der Waals surface area contributed by atoms with Crippen LogP contribution in [0.2, 0.25) is 0 Å². The molecular weight excluding hydrogens is 257 g/mol. The Hall–Kier alpha value is -1.13. The van der Waals surface area contributed by atoms with E-state index in [9.17, 15) is 9.50 Å². The topological polar surface area (TPSA) is 41.5 Å². The SMILES string of the molecule is CC1CCCC(OCC(O)CNc2ccccc2F)C1. The molecule has 0 heterocycles. The Morgan fingerprint density at radius 1 is 1.40 bits per heavy atom. The van der Waals surface area contributed by atoms with Crippen molar-refractivity contribution in [3.63, 3.8) is 0 Å². The number of hydrogen-bond donors (Lipinski definition) is 2. The highest BCUT2D eigenvalue weighted by molar-refractivity contribution is 5.44. The molecule has 0 spiro atoms. The molecule has 2 N–H and O–H groups in total. The summed E-state index contributed by atoms with van der Waals surface area (Å²) in [6, 6.07) is 6.46. The molecule has 1 aliphatic carbocycles. The van der Waals surface area contributed by atoms with E-state index in [1.165, 1.54) is 18.9 Å². The predicted molar refractivity (Wildman–Crippen MR) is 78.3 cm³/mol. The Labute approximate surface area is 120 Å². The predicted octanol–water partition coefficient (Wildman–Crippen LogP) is 3.19. The maximum Gasteiger partial charge on any atom is 0.146 e. The molecule has 0 bridgehead atoms. The first kappa shape index (κ1) is 15.3. The van der Waals surface area contributed by atoms with Crippen molar-refractivity contribution in [2.75, 3.05) is 18.5 Å². The van der Waals surface area contributed by atoms with Crippen LogP contribution in [0.5, 0.6) is 0 Å². The third-order valence-electron chi connectivity index (χ3n) is 3.81. The minimum atomic E-state index is -0.619. The molecule has 1 saturated carbocycles. The van der Waals surface area contributed by atoms with Crippen LogP contribution in [0.25, 0.3) is 0 Å². The van der Waals surface area contributed by atoms with E-state index in [0.717, 1.165) is 12.8 Å². The summed E-state index contributed by atoms with van der Waals surface area (Å²) in [5, 5.41) is 12.8. The number of para-hydroxylation sites is 1. The van der Waals surface area contributed by atoms with Gasteiger partial charge in [-0.25, -0.2) is 4.39 Å². The first-order chi connectivity index (χ1) is 9.65. The van der Waals surface area contributed by atoms with Gasteiger partial charge in [0.2, 0.25) is 0 Å². The zero-order valence-corrected chi connectivity index (χ0v) is 12.0. The third kappa shape index (κ3) is 4.76. The average Bonchev–Trinajstić information content (AvgIpc) is 2.44. The molecule has 0 saturated heterocycles. The van der Waals surface area contributed by atoms with Crippen LogP contribution in [0.4, 0.5) is 10.1 Å². The van der Waals surface area contributed by atoms with Crippen LogP contribution in [-0.4, -0.2) is 30.5 Å². The van der Waals surface area contributed by atoms with Crippen molar-refractivity contribution in [3.05, 3.63) is 30.1 Å². The van der Waals surface area contributed by atoms with E-state index in [1.807, 2.05) is 0 Å². The van der Waals surface area contributed by atoms with Crippen molar-refractivity contribution in [2.45, 2.75) is 44.8 Å². The molecule has 3 unspecified atom stereocenters. The second kappa shape index (κ2) is 7.60. The van der Waals surface area contributed by atoms with Crippen molar-refractivity contribution in [1.82, 2.24) is 0 Å². The molecule has 3 nitrogen and oxygen atoms in total. The minimum absolute atomic E-state index is 0.266. The fourth-order valence-electron chi connectivity index (χ4n) is 2.67. The molecule has 3 atom stereocenters. The molecule has 1 fully saturated rings. The lowest BCUT2D eigenvalue weighted by Gasteiger charge is -2.27. The number of ether oxygens (including phenoxy) is 1. The summed E-state index contributed by atoms with van der Waals surface area (Å²) in [6.45, 7) is 2.84. The van der Waals surface area contributed by atoms with Gasteiger partial charge in [-0.05, 0) is 30.9 Å². The van der Waals surface area contributed by atoms with E-state index < -0.39 is 6.10 Å². The smallest absolute Gasteiger partial charge is 0.146 e. The molecule has 1 aliphatic rings. The Morgan fingerprint density at radius 3 is 2.95 bits per heavy atom. The molecule has 0 aliphatic heterocycles. The molecule has 0 amide bonds. The van der Waals surface area contributed by atoms with E-state index in [4.69, 9.17) is 4.74 Å². The zero-order chi connectivity index (χ0) is 14.4. The van der Waals surface area contributed by atoms with Crippen LogP contribution in [0.3, 0.4) is 0 Å². The zero-order valence-electron chi connectivity index (χ0n) is 12.0. The van der Waals surface area contributed by atoms with E-state index in [0.29, 0.717) is 24.8 Å². The van der Waals surface area contributed by atoms with Crippen molar-refractivity contribution in [2.24, 2.45) is 5.92 Å². The minimum Gasteiger partial charge on any atom is -0.389 e. The Bertz CT molecular complexity index is 413. The van der Waals surface area contributed by atoms with Gasteiger partial charge in [-0.3, -0.25) is 0 Å².